The monoisotopic (exact) mass is 348 g/mol. The highest BCUT2D eigenvalue weighted by atomic mass is 35.5. The van der Waals surface area contributed by atoms with Crippen LogP contribution in [-0.2, 0) is 13.2 Å². The normalized spacial score (nSPS) is 10.7. The number of thiophene rings is 1. The van der Waals surface area contributed by atoms with Gasteiger partial charge in [-0.3, -0.25) is 9.59 Å². The second-order valence-electron chi connectivity index (χ2n) is 4.26. The molecule has 9 heteroatoms. The SMILES string of the molecule is O=C(Nc1cc(F)c(=O)n(CCF)c1)c1cc(Cl)c(CO)s1. The van der Waals surface area contributed by atoms with E-state index in [4.69, 9.17) is 16.7 Å². The van der Waals surface area contributed by atoms with Gasteiger partial charge < -0.3 is 15.0 Å². The first-order chi connectivity index (χ1) is 10.5. The zero-order valence-corrected chi connectivity index (χ0v) is 12.7. The minimum Gasteiger partial charge on any atom is -0.391 e. The fourth-order valence-electron chi connectivity index (χ4n) is 1.74. The molecule has 0 saturated heterocycles. The number of carbonyl (C=O) groups excluding carboxylic acids is 1. The number of hydrogen-bond acceptors (Lipinski definition) is 4. The molecule has 2 heterocycles. The van der Waals surface area contributed by atoms with Crippen LogP contribution in [0.3, 0.4) is 0 Å². The first kappa shape index (κ1) is 16.6. The van der Waals surface area contributed by atoms with E-state index in [0.29, 0.717) is 4.88 Å². The summed E-state index contributed by atoms with van der Waals surface area (Å²) in [5.41, 5.74) is -0.942. The maximum absolute atomic E-state index is 13.5. The predicted molar refractivity (Wildman–Crippen MR) is 79.8 cm³/mol. The van der Waals surface area contributed by atoms with Crippen molar-refractivity contribution in [1.82, 2.24) is 4.57 Å². The fourth-order valence-corrected chi connectivity index (χ4v) is 2.90. The van der Waals surface area contributed by atoms with E-state index >= 15 is 0 Å². The van der Waals surface area contributed by atoms with Crippen molar-refractivity contribution >= 4 is 34.5 Å². The van der Waals surface area contributed by atoms with Crippen molar-refractivity contribution in [2.45, 2.75) is 13.2 Å². The third kappa shape index (κ3) is 3.52. The minimum absolute atomic E-state index is 0.0191. The molecule has 0 bridgehead atoms. The lowest BCUT2D eigenvalue weighted by Gasteiger charge is -2.08. The number of alkyl halides is 1. The molecule has 0 atom stereocenters. The van der Waals surface area contributed by atoms with Gasteiger partial charge in [0.05, 0.1) is 28.7 Å². The molecular weight excluding hydrogens is 338 g/mol. The number of aromatic nitrogens is 1. The van der Waals surface area contributed by atoms with Crippen LogP contribution >= 0.6 is 22.9 Å². The van der Waals surface area contributed by atoms with Gasteiger partial charge in [0.1, 0.15) is 6.67 Å². The molecule has 2 aromatic rings. The number of nitrogens with zero attached hydrogens (tertiary/aromatic N) is 1. The molecule has 2 rings (SSSR count). The smallest absolute Gasteiger partial charge is 0.286 e. The Morgan fingerprint density at radius 1 is 1.45 bits per heavy atom. The highest BCUT2D eigenvalue weighted by Gasteiger charge is 2.15. The minimum atomic E-state index is -1.09. The third-order valence-corrected chi connectivity index (χ3v) is 4.32. The maximum Gasteiger partial charge on any atom is 0.286 e. The van der Waals surface area contributed by atoms with Crippen molar-refractivity contribution in [3.8, 4) is 0 Å². The van der Waals surface area contributed by atoms with Crippen molar-refractivity contribution in [3.05, 3.63) is 49.3 Å². The lowest BCUT2D eigenvalue weighted by atomic mass is 10.3. The molecule has 2 N–H and O–H groups in total. The van der Waals surface area contributed by atoms with Crippen molar-refractivity contribution in [2.75, 3.05) is 12.0 Å². The largest absolute Gasteiger partial charge is 0.391 e. The van der Waals surface area contributed by atoms with Crippen molar-refractivity contribution in [1.29, 1.82) is 0 Å². The van der Waals surface area contributed by atoms with Gasteiger partial charge in [-0.15, -0.1) is 11.3 Å². The number of nitrogens with one attached hydrogen (secondary N) is 1. The number of aryl methyl sites for hydroxylation is 1. The van der Waals surface area contributed by atoms with Crippen LogP contribution in [0.25, 0.3) is 0 Å². The topological polar surface area (TPSA) is 71.3 Å². The van der Waals surface area contributed by atoms with Crippen LogP contribution in [0.2, 0.25) is 5.02 Å². The summed E-state index contributed by atoms with van der Waals surface area (Å²) in [5, 5.41) is 11.7. The Balaban J connectivity index is 2.26. The van der Waals surface area contributed by atoms with E-state index < -0.39 is 24.0 Å². The van der Waals surface area contributed by atoms with Crippen LogP contribution in [0.5, 0.6) is 0 Å². The van der Waals surface area contributed by atoms with E-state index in [2.05, 4.69) is 5.32 Å². The molecule has 118 valence electrons. The van der Waals surface area contributed by atoms with Gasteiger partial charge in [-0.25, -0.2) is 8.78 Å². The van der Waals surface area contributed by atoms with Crippen LogP contribution in [0, 0.1) is 5.82 Å². The number of aliphatic hydroxyl groups excluding tert-OH is 1. The summed E-state index contributed by atoms with van der Waals surface area (Å²) in [6.07, 6.45) is 1.16. The molecular formula is C13H11ClF2N2O3S. The van der Waals surface area contributed by atoms with Crippen LogP contribution in [-0.4, -0.2) is 22.3 Å². The molecule has 0 fully saturated rings. The molecule has 1 amide bonds. The Labute approximate surface area is 132 Å². The van der Waals surface area contributed by atoms with Crippen LogP contribution in [0.4, 0.5) is 14.5 Å². The van der Waals surface area contributed by atoms with Crippen molar-refractivity contribution in [3.63, 3.8) is 0 Å². The Bertz CT molecular complexity index is 760. The maximum atomic E-state index is 13.5. The molecule has 0 aliphatic carbocycles. The number of hydrogen-bond donors (Lipinski definition) is 2. The molecule has 0 aromatic carbocycles. The molecule has 2 aromatic heterocycles. The second-order valence-corrected chi connectivity index (χ2v) is 5.80. The molecule has 0 aliphatic rings. The van der Waals surface area contributed by atoms with E-state index in [0.717, 1.165) is 28.2 Å². The van der Waals surface area contributed by atoms with E-state index in [1.165, 1.54) is 6.07 Å². The van der Waals surface area contributed by atoms with Gasteiger partial charge in [0.2, 0.25) is 0 Å². The Morgan fingerprint density at radius 3 is 2.77 bits per heavy atom. The van der Waals surface area contributed by atoms with Gasteiger partial charge in [-0.05, 0) is 6.07 Å². The van der Waals surface area contributed by atoms with Crippen molar-refractivity contribution < 1.29 is 18.7 Å². The van der Waals surface area contributed by atoms with Gasteiger partial charge >= 0.3 is 0 Å². The van der Waals surface area contributed by atoms with Crippen LogP contribution < -0.4 is 10.9 Å². The Hall–Kier alpha value is -1.77. The average molecular weight is 349 g/mol. The van der Waals surface area contributed by atoms with Gasteiger partial charge in [0, 0.05) is 17.1 Å². The fraction of sp³-hybridized carbons (Fsp3) is 0.231. The highest BCUT2D eigenvalue weighted by molar-refractivity contribution is 7.14. The number of rotatable bonds is 5. The standard InChI is InChI=1S/C13H11ClF2N2O3S/c14-8-4-10(22-11(8)6-19)12(20)17-7-3-9(16)13(21)18(5-7)2-1-15/h3-5,19H,1-2,6H2,(H,17,20). The first-order valence-electron chi connectivity index (χ1n) is 6.12. The van der Waals surface area contributed by atoms with E-state index in [9.17, 15) is 18.4 Å². The quantitative estimate of drug-likeness (QED) is 0.871. The molecule has 0 unspecified atom stereocenters. The zero-order valence-electron chi connectivity index (χ0n) is 11.1. The summed E-state index contributed by atoms with van der Waals surface area (Å²) >= 11 is 6.82. The van der Waals surface area contributed by atoms with E-state index in [1.807, 2.05) is 0 Å². The molecule has 0 spiro atoms. The Kier molecular flexibility index (Phi) is 5.28. The third-order valence-electron chi connectivity index (χ3n) is 2.75. The van der Waals surface area contributed by atoms with E-state index in [1.54, 1.807) is 0 Å². The van der Waals surface area contributed by atoms with Gasteiger partial charge in [0.25, 0.3) is 11.5 Å². The molecule has 22 heavy (non-hydrogen) atoms. The summed E-state index contributed by atoms with van der Waals surface area (Å²) in [6, 6.07) is 2.23. The summed E-state index contributed by atoms with van der Waals surface area (Å²) in [7, 11) is 0. The predicted octanol–water partition coefficient (Wildman–Crippen LogP) is 2.42. The summed E-state index contributed by atoms with van der Waals surface area (Å²) in [5.74, 6) is -1.66. The number of pyridine rings is 1. The van der Waals surface area contributed by atoms with Gasteiger partial charge in [-0.1, -0.05) is 11.6 Å². The van der Waals surface area contributed by atoms with Crippen molar-refractivity contribution in [2.24, 2.45) is 0 Å². The number of anilines is 1. The van der Waals surface area contributed by atoms with Crippen LogP contribution in [0.1, 0.15) is 14.5 Å². The van der Waals surface area contributed by atoms with Gasteiger partial charge in [0.15, 0.2) is 5.82 Å². The lowest BCUT2D eigenvalue weighted by Crippen LogP contribution is -2.24. The number of carbonyl (C=O) groups is 1. The molecule has 5 nitrogen and oxygen atoms in total. The summed E-state index contributed by atoms with van der Waals surface area (Å²) < 4.78 is 26.6. The average Bonchev–Trinajstić information content (AvgIpc) is 2.85. The highest BCUT2D eigenvalue weighted by Crippen LogP contribution is 2.27. The van der Waals surface area contributed by atoms with Gasteiger partial charge in [-0.2, -0.15) is 0 Å². The summed E-state index contributed by atoms with van der Waals surface area (Å²) in [6.45, 7) is -1.44. The van der Waals surface area contributed by atoms with Crippen LogP contribution in [0.15, 0.2) is 23.1 Å². The molecule has 0 radical (unpaired) electrons. The van der Waals surface area contributed by atoms with E-state index in [-0.39, 0.29) is 28.7 Å². The number of halogens is 3. The molecule has 0 saturated carbocycles. The molecule has 0 aliphatic heterocycles. The summed E-state index contributed by atoms with van der Waals surface area (Å²) in [4.78, 5) is 24.1. The first-order valence-corrected chi connectivity index (χ1v) is 7.32. The lowest BCUT2D eigenvalue weighted by molar-refractivity contribution is 0.103. The second kappa shape index (κ2) is 6.99. The number of aliphatic hydroxyl groups is 1. The Morgan fingerprint density at radius 2 is 2.18 bits per heavy atom. The zero-order chi connectivity index (χ0) is 16.3. The number of amides is 1.